The summed E-state index contributed by atoms with van der Waals surface area (Å²) in [6.45, 7) is 2.77. The van der Waals surface area contributed by atoms with Crippen LogP contribution in [0.5, 0.6) is 0 Å². The van der Waals surface area contributed by atoms with E-state index in [0.717, 1.165) is 18.2 Å². The summed E-state index contributed by atoms with van der Waals surface area (Å²) < 4.78 is 44.0. The minimum atomic E-state index is -4.66. The van der Waals surface area contributed by atoms with Gasteiger partial charge in [-0.3, -0.25) is 9.36 Å². The lowest BCUT2D eigenvalue weighted by Crippen LogP contribution is -2.30. The Morgan fingerprint density at radius 1 is 1.33 bits per heavy atom. The van der Waals surface area contributed by atoms with Crippen LogP contribution < -0.4 is 11.3 Å². The summed E-state index contributed by atoms with van der Waals surface area (Å²) in [6.07, 6.45) is -4.66. The molecule has 2 aromatic rings. The number of nitrogens with zero attached hydrogens (tertiary/aromatic N) is 3. The molecular weight excluding hydrogens is 289 g/mol. The van der Waals surface area contributed by atoms with Gasteiger partial charge >= 0.3 is 6.18 Å². The first-order valence-electron chi connectivity index (χ1n) is 5.98. The minimum Gasteiger partial charge on any atom is -0.337 e. The molecule has 114 valence electrons. The molecule has 6 nitrogen and oxygen atoms in total. The van der Waals surface area contributed by atoms with E-state index in [-0.39, 0.29) is 11.7 Å². The second kappa shape index (κ2) is 4.99. The largest absolute Gasteiger partial charge is 0.431 e. The summed E-state index contributed by atoms with van der Waals surface area (Å²) >= 11 is 0. The van der Waals surface area contributed by atoms with E-state index in [1.165, 1.54) is 0 Å². The monoisotopic (exact) mass is 302 g/mol. The van der Waals surface area contributed by atoms with Gasteiger partial charge in [-0.2, -0.15) is 18.2 Å². The Kier molecular flexibility index (Phi) is 3.62. The van der Waals surface area contributed by atoms with Gasteiger partial charge in [0.05, 0.1) is 5.54 Å². The molecule has 0 saturated heterocycles. The van der Waals surface area contributed by atoms with Crippen molar-refractivity contribution in [1.29, 1.82) is 0 Å². The van der Waals surface area contributed by atoms with Gasteiger partial charge in [0, 0.05) is 6.07 Å². The molecule has 2 rings (SSSR count). The number of nitrogens with two attached hydrogens (primary N) is 1. The summed E-state index contributed by atoms with van der Waals surface area (Å²) in [5.41, 5.74) is 2.98. The average Bonchev–Trinajstić information content (AvgIpc) is 2.78. The van der Waals surface area contributed by atoms with Crippen LogP contribution in [0.4, 0.5) is 13.2 Å². The summed E-state index contributed by atoms with van der Waals surface area (Å²) in [7, 11) is 0. The first-order chi connectivity index (χ1) is 9.59. The molecule has 0 aromatic carbocycles. The van der Waals surface area contributed by atoms with Crippen LogP contribution in [0, 0.1) is 0 Å². The number of rotatable bonds is 3. The smallest absolute Gasteiger partial charge is 0.337 e. The lowest BCUT2D eigenvalue weighted by Gasteiger charge is -2.13. The molecular formula is C12H13F3N4O2. The third-order valence-corrected chi connectivity index (χ3v) is 2.68. The second-order valence-electron chi connectivity index (χ2n) is 5.07. The Morgan fingerprint density at radius 2 is 2.00 bits per heavy atom. The van der Waals surface area contributed by atoms with Crippen molar-refractivity contribution in [2.45, 2.75) is 32.1 Å². The number of pyridine rings is 1. The standard InChI is InChI=1S/C12H13F3N4O2/c1-11(2,16)10-17-8(21-18-10)6-19-7(12(13,14)15)4-3-5-9(19)20/h3-5H,6,16H2,1-2H3. The summed E-state index contributed by atoms with van der Waals surface area (Å²) in [6, 6.07) is 2.88. The van der Waals surface area contributed by atoms with Crippen molar-refractivity contribution in [3.63, 3.8) is 0 Å². The van der Waals surface area contributed by atoms with Gasteiger partial charge in [-0.1, -0.05) is 11.2 Å². The molecule has 2 heterocycles. The highest BCUT2D eigenvalue weighted by atomic mass is 19.4. The van der Waals surface area contributed by atoms with E-state index in [1.54, 1.807) is 13.8 Å². The maximum Gasteiger partial charge on any atom is 0.431 e. The molecule has 0 aliphatic heterocycles. The molecule has 0 unspecified atom stereocenters. The Hall–Kier alpha value is -2.16. The van der Waals surface area contributed by atoms with Gasteiger partial charge in [-0.25, -0.2) is 0 Å². The van der Waals surface area contributed by atoms with Crippen LogP contribution in [-0.4, -0.2) is 14.7 Å². The Morgan fingerprint density at radius 3 is 2.52 bits per heavy atom. The predicted octanol–water partition coefficient (Wildman–Crippen LogP) is 1.49. The molecule has 9 heteroatoms. The van der Waals surface area contributed by atoms with E-state index in [4.69, 9.17) is 10.3 Å². The third kappa shape index (κ3) is 3.30. The number of hydrogen-bond donors (Lipinski definition) is 1. The highest BCUT2D eigenvalue weighted by molar-refractivity contribution is 5.11. The van der Waals surface area contributed by atoms with E-state index < -0.39 is 29.5 Å². The maximum absolute atomic E-state index is 12.9. The normalized spacial score (nSPS) is 12.7. The van der Waals surface area contributed by atoms with Crippen LogP contribution in [-0.2, 0) is 18.3 Å². The van der Waals surface area contributed by atoms with Gasteiger partial charge in [0.25, 0.3) is 5.56 Å². The first-order valence-corrected chi connectivity index (χ1v) is 5.98. The Bertz CT molecular complexity index is 698. The first kappa shape index (κ1) is 15.2. The average molecular weight is 302 g/mol. The van der Waals surface area contributed by atoms with Crippen molar-refractivity contribution in [3.05, 3.63) is 46.0 Å². The third-order valence-electron chi connectivity index (χ3n) is 2.68. The quantitative estimate of drug-likeness (QED) is 0.928. The van der Waals surface area contributed by atoms with Crippen molar-refractivity contribution in [2.24, 2.45) is 5.73 Å². The fourth-order valence-electron chi connectivity index (χ4n) is 1.65. The van der Waals surface area contributed by atoms with E-state index in [2.05, 4.69) is 10.1 Å². The summed E-state index contributed by atoms with van der Waals surface area (Å²) in [5.74, 6) is 0.0253. The Balaban J connectivity index is 2.41. The summed E-state index contributed by atoms with van der Waals surface area (Å²) in [4.78, 5) is 15.6. The predicted molar refractivity (Wildman–Crippen MR) is 66.3 cm³/mol. The molecule has 0 bridgehead atoms. The van der Waals surface area contributed by atoms with Crippen molar-refractivity contribution >= 4 is 0 Å². The molecule has 0 amide bonds. The molecule has 0 aliphatic carbocycles. The van der Waals surface area contributed by atoms with E-state index in [0.29, 0.717) is 4.57 Å². The van der Waals surface area contributed by atoms with Gasteiger partial charge in [0.2, 0.25) is 5.89 Å². The van der Waals surface area contributed by atoms with E-state index in [1.807, 2.05) is 0 Å². The van der Waals surface area contributed by atoms with Crippen LogP contribution in [0.15, 0.2) is 27.5 Å². The molecule has 0 aliphatic rings. The molecule has 0 atom stereocenters. The van der Waals surface area contributed by atoms with Crippen LogP contribution in [0.25, 0.3) is 0 Å². The molecule has 0 saturated carbocycles. The van der Waals surface area contributed by atoms with Gasteiger partial charge in [0.15, 0.2) is 5.82 Å². The summed E-state index contributed by atoms with van der Waals surface area (Å²) in [5, 5.41) is 3.60. The minimum absolute atomic E-state index is 0.123. The van der Waals surface area contributed by atoms with Gasteiger partial charge in [0.1, 0.15) is 12.2 Å². The van der Waals surface area contributed by atoms with Crippen molar-refractivity contribution in [2.75, 3.05) is 0 Å². The molecule has 0 fully saturated rings. The topological polar surface area (TPSA) is 86.9 Å². The van der Waals surface area contributed by atoms with Crippen molar-refractivity contribution in [3.8, 4) is 0 Å². The molecule has 2 N–H and O–H groups in total. The van der Waals surface area contributed by atoms with Crippen molar-refractivity contribution < 1.29 is 17.7 Å². The van der Waals surface area contributed by atoms with Gasteiger partial charge < -0.3 is 10.3 Å². The lowest BCUT2D eigenvalue weighted by molar-refractivity contribution is -0.144. The fourth-order valence-corrected chi connectivity index (χ4v) is 1.65. The van der Waals surface area contributed by atoms with Crippen molar-refractivity contribution in [1.82, 2.24) is 14.7 Å². The zero-order chi connectivity index (χ0) is 15.8. The Labute approximate surface area is 117 Å². The molecule has 21 heavy (non-hydrogen) atoms. The maximum atomic E-state index is 12.9. The highest BCUT2D eigenvalue weighted by Crippen LogP contribution is 2.28. The molecule has 2 aromatic heterocycles. The van der Waals surface area contributed by atoms with Crippen LogP contribution >= 0.6 is 0 Å². The number of halogens is 3. The van der Waals surface area contributed by atoms with Crippen LogP contribution in [0.1, 0.15) is 31.3 Å². The zero-order valence-corrected chi connectivity index (χ0v) is 11.3. The van der Waals surface area contributed by atoms with Gasteiger partial charge in [-0.15, -0.1) is 0 Å². The number of hydrogen-bond acceptors (Lipinski definition) is 5. The van der Waals surface area contributed by atoms with E-state index >= 15 is 0 Å². The lowest BCUT2D eigenvalue weighted by atomic mass is 10.1. The highest BCUT2D eigenvalue weighted by Gasteiger charge is 2.34. The van der Waals surface area contributed by atoms with E-state index in [9.17, 15) is 18.0 Å². The zero-order valence-electron chi connectivity index (χ0n) is 11.3. The second-order valence-corrected chi connectivity index (χ2v) is 5.07. The molecule has 0 spiro atoms. The number of alkyl halides is 3. The van der Waals surface area contributed by atoms with Gasteiger partial charge in [-0.05, 0) is 19.9 Å². The van der Waals surface area contributed by atoms with Crippen LogP contribution in [0.3, 0.4) is 0 Å². The SMILES string of the molecule is CC(C)(N)c1noc(Cn2c(C(F)(F)F)cccc2=O)n1. The fraction of sp³-hybridized carbons (Fsp3) is 0.417. The molecule has 0 radical (unpaired) electrons. The number of aromatic nitrogens is 3. The van der Waals surface area contributed by atoms with Crippen LogP contribution in [0.2, 0.25) is 0 Å².